The van der Waals surface area contributed by atoms with Gasteiger partial charge in [-0.15, -0.1) is 10.2 Å². The minimum atomic E-state index is -3.78. The highest BCUT2D eigenvalue weighted by Gasteiger charge is 2.13. The summed E-state index contributed by atoms with van der Waals surface area (Å²) >= 11 is 5.56. The highest BCUT2D eigenvalue weighted by molar-refractivity contribution is 8.13. The second kappa shape index (κ2) is 4.00. The number of aromatic nitrogens is 4. The highest BCUT2D eigenvalue weighted by atomic mass is 35.7. The van der Waals surface area contributed by atoms with Crippen molar-refractivity contribution in [1.82, 2.24) is 20.0 Å². The Morgan fingerprint density at radius 3 is 2.50 bits per heavy atom. The molecule has 0 aliphatic heterocycles. The predicted octanol–water partition coefficient (Wildman–Crippen LogP) is 1.24. The standard InChI is InChI=1S/C7H4Cl2N4O2S/c8-6-1-2-7(12-11-6)13-4-5(3-10-13)16(9,14)15/h1-4H. The van der Waals surface area contributed by atoms with Gasteiger partial charge in [0.15, 0.2) is 11.0 Å². The van der Waals surface area contributed by atoms with Gasteiger partial charge in [-0.1, -0.05) is 11.6 Å². The van der Waals surface area contributed by atoms with Crippen molar-refractivity contribution in [3.63, 3.8) is 0 Å². The van der Waals surface area contributed by atoms with Crippen LogP contribution in [0.25, 0.3) is 5.82 Å². The van der Waals surface area contributed by atoms with Crippen LogP contribution in [0.1, 0.15) is 0 Å². The molecule has 0 aliphatic rings. The Bertz CT molecular complexity index is 608. The smallest absolute Gasteiger partial charge is 0.219 e. The minimum absolute atomic E-state index is 0.106. The first-order valence-electron chi connectivity index (χ1n) is 3.96. The van der Waals surface area contributed by atoms with Gasteiger partial charge in [0.25, 0.3) is 9.05 Å². The first-order valence-corrected chi connectivity index (χ1v) is 6.64. The van der Waals surface area contributed by atoms with Gasteiger partial charge in [-0.25, -0.2) is 13.1 Å². The summed E-state index contributed by atoms with van der Waals surface area (Å²) in [5.74, 6) is 0.343. The summed E-state index contributed by atoms with van der Waals surface area (Å²) in [4.78, 5) is -0.106. The SMILES string of the molecule is O=S(=O)(Cl)c1cnn(-c2ccc(Cl)nn2)c1. The van der Waals surface area contributed by atoms with Gasteiger partial charge in [0, 0.05) is 10.7 Å². The van der Waals surface area contributed by atoms with E-state index < -0.39 is 9.05 Å². The lowest BCUT2D eigenvalue weighted by atomic mass is 10.5. The van der Waals surface area contributed by atoms with Gasteiger partial charge in [-0.3, -0.25) is 0 Å². The van der Waals surface area contributed by atoms with Crippen LogP contribution in [0.4, 0.5) is 0 Å². The molecule has 0 fully saturated rings. The van der Waals surface area contributed by atoms with Crippen molar-refractivity contribution >= 4 is 31.3 Å². The van der Waals surface area contributed by atoms with Crippen molar-refractivity contribution in [2.45, 2.75) is 4.90 Å². The van der Waals surface area contributed by atoms with E-state index in [2.05, 4.69) is 15.3 Å². The zero-order chi connectivity index (χ0) is 11.8. The van der Waals surface area contributed by atoms with Crippen LogP contribution in [0.5, 0.6) is 0 Å². The molecule has 0 radical (unpaired) electrons. The van der Waals surface area contributed by atoms with Crippen LogP contribution in [-0.4, -0.2) is 28.4 Å². The van der Waals surface area contributed by atoms with Crippen molar-refractivity contribution in [2.75, 3.05) is 0 Å². The fraction of sp³-hybridized carbons (Fsp3) is 0. The van der Waals surface area contributed by atoms with E-state index in [4.69, 9.17) is 22.3 Å². The first kappa shape index (κ1) is 11.3. The molecule has 6 nitrogen and oxygen atoms in total. The van der Waals surface area contributed by atoms with Gasteiger partial charge in [0.05, 0.1) is 12.4 Å². The number of rotatable bonds is 2. The molecule has 0 bridgehead atoms. The molecular weight excluding hydrogens is 275 g/mol. The van der Waals surface area contributed by atoms with Gasteiger partial charge in [-0.2, -0.15) is 5.10 Å². The summed E-state index contributed by atoms with van der Waals surface area (Å²) in [5.41, 5.74) is 0. The maximum Gasteiger partial charge on any atom is 0.264 e. The molecule has 84 valence electrons. The lowest BCUT2D eigenvalue weighted by Crippen LogP contribution is -1.99. The molecule has 2 aromatic rings. The Hall–Kier alpha value is -1.18. The molecule has 2 heterocycles. The summed E-state index contributed by atoms with van der Waals surface area (Å²) in [5, 5.41) is 11.4. The Kier molecular flexibility index (Phi) is 2.83. The lowest BCUT2D eigenvalue weighted by molar-refractivity contribution is 0.609. The lowest BCUT2D eigenvalue weighted by Gasteiger charge is -1.97. The van der Waals surface area contributed by atoms with Crippen LogP contribution in [0.15, 0.2) is 29.4 Å². The Morgan fingerprint density at radius 2 is 2.00 bits per heavy atom. The molecular formula is C7H4Cl2N4O2S. The van der Waals surface area contributed by atoms with Gasteiger partial charge in [0.1, 0.15) is 4.90 Å². The summed E-state index contributed by atoms with van der Waals surface area (Å²) < 4.78 is 23.2. The number of halogens is 2. The van der Waals surface area contributed by atoms with E-state index in [0.29, 0.717) is 5.82 Å². The van der Waals surface area contributed by atoms with E-state index in [-0.39, 0.29) is 10.0 Å². The molecule has 0 saturated carbocycles. The molecule has 0 N–H and O–H groups in total. The van der Waals surface area contributed by atoms with Crippen molar-refractivity contribution < 1.29 is 8.42 Å². The summed E-state index contributed by atoms with van der Waals surface area (Å²) in [6.07, 6.45) is 2.36. The van der Waals surface area contributed by atoms with Crippen LogP contribution in [0, 0.1) is 0 Å². The topological polar surface area (TPSA) is 77.7 Å². The van der Waals surface area contributed by atoms with E-state index in [9.17, 15) is 8.42 Å². The van der Waals surface area contributed by atoms with Crippen LogP contribution in [-0.2, 0) is 9.05 Å². The zero-order valence-electron chi connectivity index (χ0n) is 7.58. The molecule has 9 heteroatoms. The van der Waals surface area contributed by atoms with E-state index >= 15 is 0 Å². The normalized spacial score (nSPS) is 11.6. The molecule has 2 rings (SSSR count). The molecule has 2 aromatic heterocycles. The molecule has 0 saturated heterocycles. The number of hydrogen-bond acceptors (Lipinski definition) is 5. The Morgan fingerprint density at radius 1 is 1.25 bits per heavy atom. The summed E-state index contributed by atoms with van der Waals surface area (Å²) in [6.45, 7) is 0. The summed E-state index contributed by atoms with van der Waals surface area (Å²) in [6, 6.07) is 3.06. The van der Waals surface area contributed by atoms with Gasteiger partial charge < -0.3 is 0 Å². The largest absolute Gasteiger partial charge is 0.264 e. The predicted molar refractivity (Wildman–Crippen MR) is 57.2 cm³/mol. The van der Waals surface area contributed by atoms with Gasteiger partial charge in [-0.05, 0) is 12.1 Å². The molecule has 0 atom stereocenters. The van der Waals surface area contributed by atoms with E-state index in [1.54, 1.807) is 6.07 Å². The Labute approximate surface area is 100 Å². The monoisotopic (exact) mass is 278 g/mol. The van der Waals surface area contributed by atoms with E-state index in [1.807, 2.05) is 0 Å². The van der Waals surface area contributed by atoms with E-state index in [0.717, 1.165) is 6.20 Å². The molecule has 0 aliphatic carbocycles. The van der Waals surface area contributed by atoms with Gasteiger partial charge >= 0.3 is 0 Å². The van der Waals surface area contributed by atoms with Crippen LogP contribution in [0.2, 0.25) is 5.15 Å². The number of nitrogens with zero attached hydrogens (tertiary/aromatic N) is 4. The van der Waals surface area contributed by atoms with Gasteiger partial charge in [0.2, 0.25) is 0 Å². The fourth-order valence-electron chi connectivity index (χ4n) is 0.989. The maximum absolute atomic E-state index is 11.0. The third-order valence-electron chi connectivity index (χ3n) is 1.69. The average Bonchev–Trinajstić information content (AvgIpc) is 2.67. The average molecular weight is 279 g/mol. The van der Waals surface area contributed by atoms with Crippen molar-refractivity contribution in [2.24, 2.45) is 0 Å². The first-order chi connectivity index (χ1) is 7.47. The van der Waals surface area contributed by atoms with Crippen molar-refractivity contribution in [3.8, 4) is 5.82 Å². The van der Waals surface area contributed by atoms with Crippen LogP contribution < -0.4 is 0 Å². The minimum Gasteiger partial charge on any atom is -0.219 e. The molecule has 0 unspecified atom stereocenters. The maximum atomic E-state index is 11.0. The molecule has 0 spiro atoms. The third-order valence-corrected chi connectivity index (χ3v) is 3.20. The second-order valence-corrected chi connectivity index (χ2v) is 5.73. The highest BCUT2D eigenvalue weighted by Crippen LogP contribution is 2.15. The molecule has 0 aromatic carbocycles. The second-order valence-electron chi connectivity index (χ2n) is 2.77. The molecule has 16 heavy (non-hydrogen) atoms. The third kappa shape index (κ3) is 2.31. The summed E-state index contributed by atoms with van der Waals surface area (Å²) in [7, 11) is 1.36. The number of hydrogen-bond donors (Lipinski definition) is 0. The van der Waals surface area contributed by atoms with Crippen LogP contribution >= 0.6 is 22.3 Å². The van der Waals surface area contributed by atoms with Crippen LogP contribution in [0.3, 0.4) is 0 Å². The molecule has 0 amide bonds. The quantitative estimate of drug-likeness (QED) is 0.773. The van der Waals surface area contributed by atoms with Crippen molar-refractivity contribution in [3.05, 3.63) is 29.7 Å². The Balaban J connectivity index is 2.43. The van der Waals surface area contributed by atoms with Crippen molar-refractivity contribution in [1.29, 1.82) is 0 Å². The fourth-order valence-corrected chi connectivity index (χ4v) is 1.73. The van der Waals surface area contributed by atoms with E-state index in [1.165, 1.54) is 16.9 Å². The zero-order valence-corrected chi connectivity index (χ0v) is 9.91.